The molecule has 1 aliphatic heterocycles. The van der Waals surface area contributed by atoms with Crippen LogP contribution in [0.2, 0.25) is 10.0 Å². The van der Waals surface area contributed by atoms with E-state index in [2.05, 4.69) is 5.32 Å². The summed E-state index contributed by atoms with van der Waals surface area (Å²) in [5, 5.41) is 3.12. The summed E-state index contributed by atoms with van der Waals surface area (Å²) < 4.78 is 38.9. The highest BCUT2D eigenvalue weighted by molar-refractivity contribution is 7.89. The smallest absolute Gasteiger partial charge is 0.255 e. The van der Waals surface area contributed by atoms with Crippen LogP contribution in [-0.2, 0) is 14.8 Å². The predicted molar refractivity (Wildman–Crippen MR) is 121 cm³/mol. The van der Waals surface area contributed by atoms with Crippen LogP contribution in [0.3, 0.4) is 0 Å². The van der Waals surface area contributed by atoms with Crippen molar-refractivity contribution >= 4 is 44.8 Å². The molecule has 1 saturated heterocycles. The number of carbonyl (C=O) groups excluding carboxylic acids is 1. The van der Waals surface area contributed by atoms with Crippen molar-refractivity contribution in [3.8, 4) is 5.75 Å². The molecule has 7 nitrogen and oxygen atoms in total. The van der Waals surface area contributed by atoms with E-state index < -0.39 is 15.9 Å². The number of sulfonamides is 1. The lowest BCUT2D eigenvalue weighted by Gasteiger charge is -2.34. The number of anilines is 1. The first-order valence-corrected chi connectivity index (χ1v) is 12.0. The van der Waals surface area contributed by atoms with Gasteiger partial charge in [0.15, 0.2) is 5.75 Å². The van der Waals surface area contributed by atoms with Gasteiger partial charge in [-0.1, -0.05) is 29.3 Å². The van der Waals surface area contributed by atoms with Crippen molar-refractivity contribution in [2.75, 3.05) is 25.0 Å². The fourth-order valence-electron chi connectivity index (χ4n) is 3.40. The Balaban J connectivity index is 1.91. The van der Waals surface area contributed by atoms with E-state index in [4.69, 9.17) is 32.7 Å². The number of carbonyl (C=O) groups is 1. The lowest BCUT2D eigenvalue weighted by atomic mass is 10.2. The van der Waals surface area contributed by atoms with Gasteiger partial charge in [0.1, 0.15) is 4.90 Å². The van der Waals surface area contributed by atoms with Crippen LogP contribution in [0.4, 0.5) is 5.69 Å². The second kappa shape index (κ2) is 9.75. The average molecular weight is 487 g/mol. The molecule has 2 unspecified atom stereocenters. The standard InChI is InChI=1S/C21H24Cl2N2O5S/c1-4-29-20-17(23)6-5-7-18(20)24-21(26)15-8-9-16(22)19(10-15)31(27,28)25-11-13(2)30-14(3)12-25/h5-10,13-14H,4,11-12H2,1-3H3,(H,24,26). The number of ether oxygens (including phenoxy) is 2. The van der Waals surface area contributed by atoms with E-state index in [0.717, 1.165) is 0 Å². The van der Waals surface area contributed by atoms with Crippen molar-refractivity contribution < 1.29 is 22.7 Å². The van der Waals surface area contributed by atoms with E-state index in [-0.39, 0.29) is 40.8 Å². The maximum atomic E-state index is 13.2. The van der Waals surface area contributed by atoms with Gasteiger partial charge in [-0.15, -0.1) is 0 Å². The van der Waals surface area contributed by atoms with E-state index in [9.17, 15) is 13.2 Å². The third-order valence-electron chi connectivity index (χ3n) is 4.70. The fraction of sp³-hybridized carbons (Fsp3) is 0.381. The zero-order valence-electron chi connectivity index (χ0n) is 17.4. The van der Waals surface area contributed by atoms with Gasteiger partial charge >= 0.3 is 0 Å². The van der Waals surface area contributed by atoms with Crippen LogP contribution >= 0.6 is 23.2 Å². The normalized spacial score (nSPS) is 19.8. The molecule has 1 aliphatic rings. The van der Waals surface area contributed by atoms with E-state index in [1.165, 1.54) is 22.5 Å². The van der Waals surface area contributed by atoms with Crippen molar-refractivity contribution in [2.45, 2.75) is 37.9 Å². The van der Waals surface area contributed by atoms with E-state index in [1.807, 2.05) is 13.8 Å². The molecule has 0 aliphatic carbocycles. The number of benzene rings is 2. The quantitative estimate of drug-likeness (QED) is 0.651. The molecule has 0 saturated carbocycles. The van der Waals surface area contributed by atoms with Crippen molar-refractivity contribution in [3.05, 3.63) is 52.0 Å². The minimum absolute atomic E-state index is 0.0427. The molecule has 2 aromatic rings. The summed E-state index contributed by atoms with van der Waals surface area (Å²) in [6.45, 7) is 6.21. The van der Waals surface area contributed by atoms with Gasteiger partial charge in [-0.05, 0) is 51.1 Å². The summed E-state index contributed by atoms with van der Waals surface area (Å²) in [7, 11) is -3.92. The van der Waals surface area contributed by atoms with Crippen LogP contribution in [0.25, 0.3) is 0 Å². The summed E-state index contributed by atoms with van der Waals surface area (Å²) in [4.78, 5) is 12.7. The van der Waals surface area contributed by atoms with Gasteiger partial charge in [0, 0.05) is 18.7 Å². The van der Waals surface area contributed by atoms with Gasteiger partial charge in [0.2, 0.25) is 10.0 Å². The molecule has 0 spiro atoms. The van der Waals surface area contributed by atoms with Crippen LogP contribution in [0.1, 0.15) is 31.1 Å². The first kappa shape index (κ1) is 23.8. The summed E-state index contributed by atoms with van der Waals surface area (Å²) in [5.74, 6) is -0.168. The fourth-order valence-corrected chi connectivity index (χ4v) is 5.72. The molecule has 1 heterocycles. The number of hydrogen-bond donors (Lipinski definition) is 1. The predicted octanol–water partition coefficient (Wildman–Crippen LogP) is 4.44. The first-order valence-electron chi connectivity index (χ1n) is 9.81. The summed E-state index contributed by atoms with van der Waals surface area (Å²) in [5.41, 5.74) is 0.522. The second-order valence-corrected chi connectivity index (χ2v) is 9.95. The summed E-state index contributed by atoms with van der Waals surface area (Å²) in [6, 6.07) is 9.13. The number of nitrogens with one attached hydrogen (secondary N) is 1. The Morgan fingerprint density at radius 1 is 1.16 bits per heavy atom. The molecule has 1 N–H and O–H groups in total. The molecule has 3 rings (SSSR count). The Labute approximate surface area is 192 Å². The Morgan fingerprint density at radius 3 is 2.48 bits per heavy atom. The van der Waals surface area contributed by atoms with Crippen molar-refractivity contribution in [2.24, 2.45) is 0 Å². The molecule has 0 aromatic heterocycles. The molecule has 168 valence electrons. The molecular weight excluding hydrogens is 463 g/mol. The van der Waals surface area contributed by atoms with Crippen LogP contribution < -0.4 is 10.1 Å². The molecule has 2 aromatic carbocycles. The number of nitrogens with zero attached hydrogens (tertiary/aromatic N) is 1. The zero-order chi connectivity index (χ0) is 22.8. The highest BCUT2D eigenvalue weighted by Gasteiger charge is 2.34. The minimum atomic E-state index is -3.92. The van der Waals surface area contributed by atoms with Crippen LogP contribution in [0.5, 0.6) is 5.75 Å². The Kier molecular flexibility index (Phi) is 7.49. The molecule has 1 amide bonds. The average Bonchev–Trinajstić information content (AvgIpc) is 2.70. The number of para-hydroxylation sites is 1. The van der Waals surface area contributed by atoms with E-state index in [1.54, 1.807) is 25.1 Å². The van der Waals surface area contributed by atoms with Crippen molar-refractivity contribution in [1.29, 1.82) is 0 Å². The lowest BCUT2D eigenvalue weighted by Crippen LogP contribution is -2.48. The van der Waals surface area contributed by atoms with Gasteiger partial charge in [0.05, 0.1) is 34.5 Å². The molecular formula is C21H24Cl2N2O5S. The highest BCUT2D eigenvalue weighted by Crippen LogP contribution is 2.34. The largest absolute Gasteiger partial charge is 0.490 e. The molecule has 1 fully saturated rings. The van der Waals surface area contributed by atoms with Crippen molar-refractivity contribution in [1.82, 2.24) is 4.31 Å². The van der Waals surface area contributed by atoms with Gasteiger partial charge in [0.25, 0.3) is 5.91 Å². The lowest BCUT2D eigenvalue weighted by molar-refractivity contribution is -0.0440. The highest BCUT2D eigenvalue weighted by atomic mass is 35.5. The second-order valence-electron chi connectivity index (χ2n) is 7.23. The monoisotopic (exact) mass is 486 g/mol. The van der Waals surface area contributed by atoms with Crippen LogP contribution in [0.15, 0.2) is 41.3 Å². The number of rotatable bonds is 6. The Morgan fingerprint density at radius 2 is 1.84 bits per heavy atom. The Hall–Kier alpha value is -1.84. The molecule has 0 bridgehead atoms. The zero-order valence-corrected chi connectivity index (χ0v) is 19.7. The van der Waals surface area contributed by atoms with Gasteiger partial charge in [-0.25, -0.2) is 8.42 Å². The number of halogens is 2. The van der Waals surface area contributed by atoms with E-state index in [0.29, 0.717) is 23.1 Å². The third-order valence-corrected chi connectivity index (χ3v) is 7.31. The van der Waals surface area contributed by atoms with E-state index >= 15 is 0 Å². The maximum Gasteiger partial charge on any atom is 0.255 e. The topological polar surface area (TPSA) is 84.9 Å². The Bertz CT molecular complexity index is 1070. The summed E-state index contributed by atoms with van der Waals surface area (Å²) >= 11 is 12.4. The van der Waals surface area contributed by atoms with Gasteiger partial charge in [-0.3, -0.25) is 4.79 Å². The molecule has 31 heavy (non-hydrogen) atoms. The first-order chi connectivity index (χ1) is 14.6. The van der Waals surface area contributed by atoms with Gasteiger partial charge in [-0.2, -0.15) is 4.31 Å². The molecule has 10 heteroatoms. The van der Waals surface area contributed by atoms with Crippen molar-refractivity contribution in [3.63, 3.8) is 0 Å². The number of hydrogen-bond acceptors (Lipinski definition) is 5. The number of amides is 1. The molecule has 0 radical (unpaired) electrons. The van der Waals surface area contributed by atoms with Gasteiger partial charge < -0.3 is 14.8 Å². The number of morpholine rings is 1. The van der Waals surface area contributed by atoms with Crippen LogP contribution in [-0.4, -0.2) is 50.5 Å². The SMILES string of the molecule is CCOc1c(Cl)cccc1NC(=O)c1ccc(Cl)c(S(=O)(=O)N2CC(C)OC(C)C2)c1. The minimum Gasteiger partial charge on any atom is -0.490 e. The van der Waals surface area contributed by atoms with Crippen LogP contribution in [0, 0.1) is 0 Å². The maximum absolute atomic E-state index is 13.2. The third kappa shape index (κ3) is 5.32. The molecule has 2 atom stereocenters. The summed E-state index contributed by atoms with van der Waals surface area (Å²) in [6.07, 6.45) is -0.493.